The number of para-hydroxylation sites is 1. The number of nitrogens with zero attached hydrogens (tertiary/aromatic N) is 2. The maximum Gasteiger partial charge on any atom is 0.320 e. The minimum absolute atomic E-state index is 0.0109. The van der Waals surface area contributed by atoms with Gasteiger partial charge >= 0.3 is 5.97 Å². The molecule has 28 heavy (non-hydrogen) atoms. The Morgan fingerprint density at radius 2 is 1.93 bits per heavy atom. The van der Waals surface area contributed by atoms with Crippen molar-refractivity contribution in [1.82, 2.24) is 9.88 Å². The molecule has 2 heterocycles. The average Bonchev–Trinajstić information content (AvgIpc) is 3.06. The van der Waals surface area contributed by atoms with Crippen molar-refractivity contribution < 1.29 is 9.53 Å². The van der Waals surface area contributed by atoms with Crippen LogP contribution in [0.5, 0.6) is 0 Å². The third-order valence-electron chi connectivity index (χ3n) is 5.50. The molecule has 0 aliphatic carbocycles. The third kappa shape index (κ3) is 3.38. The van der Waals surface area contributed by atoms with E-state index in [2.05, 4.69) is 63.3 Å². The minimum atomic E-state index is -0.169. The van der Waals surface area contributed by atoms with Gasteiger partial charge in [-0.2, -0.15) is 0 Å². The highest BCUT2D eigenvalue weighted by atomic mass is 16.5. The lowest BCUT2D eigenvalue weighted by atomic mass is 9.92. The highest BCUT2D eigenvalue weighted by Crippen LogP contribution is 2.38. The van der Waals surface area contributed by atoms with Crippen LogP contribution < -0.4 is 4.90 Å². The summed E-state index contributed by atoms with van der Waals surface area (Å²) in [5.74, 6) is -0.169. The minimum Gasteiger partial charge on any atom is -0.465 e. The van der Waals surface area contributed by atoms with Gasteiger partial charge in [-0.1, -0.05) is 30.3 Å². The molecule has 0 saturated heterocycles. The van der Waals surface area contributed by atoms with Gasteiger partial charge in [0.15, 0.2) is 0 Å². The van der Waals surface area contributed by atoms with Crippen molar-refractivity contribution in [1.29, 1.82) is 0 Å². The van der Waals surface area contributed by atoms with E-state index in [-0.39, 0.29) is 12.0 Å². The maximum atomic E-state index is 12.2. The number of fused-ring (bicyclic) bond motifs is 3. The number of hydrogen-bond acceptors (Lipinski definition) is 4. The zero-order valence-electron chi connectivity index (χ0n) is 16.7. The van der Waals surface area contributed by atoms with Gasteiger partial charge in [-0.15, -0.1) is 0 Å². The van der Waals surface area contributed by atoms with Gasteiger partial charge in [-0.3, -0.25) is 9.69 Å². The molecule has 1 atom stereocenters. The Morgan fingerprint density at radius 3 is 2.64 bits per heavy atom. The fourth-order valence-electron chi connectivity index (χ4n) is 4.17. The second-order valence-corrected chi connectivity index (χ2v) is 7.48. The second kappa shape index (κ2) is 7.68. The summed E-state index contributed by atoms with van der Waals surface area (Å²) in [5, 5.41) is 1.28. The van der Waals surface area contributed by atoms with Gasteiger partial charge in [0.2, 0.25) is 0 Å². The first-order valence-electron chi connectivity index (χ1n) is 9.85. The average molecular weight is 377 g/mol. The maximum absolute atomic E-state index is 12.2. The molecule has 1 aliphatic rings. The van der Waals surface area contributed by atoms with Crippen LogP contribution >= 0.6 is 0 Å². The smallest absolute Gasteiger partial charge is 0.320 e. The van der Waals surface area contributed by atoms with E-state index >= 15 is 0 Å². The van der Waals surface area contributed by atoms with E-state index < -0.39 is 0 Å². The summed E-state index contributed by atoms with van der Waals surface area (Å²) in [7, 11) is 4.08. The van der Waals surface area contributed by atoms with E-state index in [0.717, 1.165) is 24.2 Å². The summed E-state index contributed by atoms with van der Waals surface area (Å²) in [6.45, 7) is 3.38. The summed E-state index contributed by atoms with van der Waals surface area (Å²) in [6, 6.07) is 17.1. The number of ether oxygens (including phenoxy) is 1. The molecule has 5 heteroatoms. The van der Waals surface area contributed by atoms with Crippen molar-refractivity contribution in [3.05, 3.63) is 65.4 Å². The Labute approximate surface area is 165 Å². The fraction of sp³-hybridized carbons (Fsp3) is 0.348. The summed E-state index contributed by atoms with van der Waals surface area (Å²) in [6.07, 6.45) is 0.922. The number of hydrogen-bond donors (Lipinski definition) is 1. The molecular weight excluding hydrogens is 350 g/mol. The van der Waals surface area contributed by atoms with Crippen molar-refractivity contribution >= 4 is 22.6 Å². The van der Waals surface area contributed by atoms with Crippen molar-refractivity contribution in [3.63, 3.8) is 0 Å². The summed E-state index contributed by atoms with van der Waals surface area (Å²) in [4.78, 5) is 20.2. The molecule has 1 N–H and O–H groups in total. The Kier molecular flexibility index (Phi) is 5.09. The van der Waals surface area contributed by atoms with Crippen LogP contribution in [0.4, 0.5) is 5.69 Å². The van der Waals surface area contributed by atoms with E-state index in [1.807, 2.05) is 21.0 Å². The molecule has 4 rings (SSSR count). The molecule has 0 radical (unpaired) electrons. The predicted molar refractivity (Wildman–Crippen MR) is 113 cm³/mol. The number of nitrogens with one attached hydrogen (secondary N) is 1. The SMILES string of the molecule is CCOC(=O)CN1CCc2c([nH]c3ccccc23)C1c1ccc(N(C)C)cc1. The van der Waals surface area contributed by atoms with E-state index in [4.69, 9.17) is 4.74 Å². The van der Waals surface area contributed by atoms with Crippen LogP contribution in [0.25, 0.3) is 10.9 Å². The van der Waals surface area contributed by atoms with Gasteiger partial charge in [-0.25, -0.2) is 0 Å². The standard InChI is InChI=1S/C23H27N3O2/c1-4-28-21(27)15-26-14-13-19-18-7-5-6-8-20(18)24-22(19)23(26)16-9-11-17(12-10-16)25(2)3/h5-12,23-24H,4,13-15H2,1-3H3. The largest absolute Gasteiger partial charge is 0.465 e. The van der Waals surface area contributed by atoms with Gasteiger partial charge in [0.1, 0.15) is 0 Å². The Balaban J connectivity index is 1.77. The zero-order valence-corrected chi connectivity index (χ0v) is 16.7. The van der Waals surface area contributed by atoms with Crippen molar-refractivity contribution in [2.24, 2.45) is 0 Å². The van der Waals surface area contributed by atoms with E-state index in [9.17, 15) is 4.79 Å². The van der Waals surface area contributed by atoms with E-state index in [0.29, 0.717) is 13.2 Å². The second-order valence-electron chi connectivity index (χ2n) is 7.48. The summed E-state index contributed by atoms with van der Waals surface area (Å²) < 4.78 is 5.23. The predicted octanol–water partition coefficient (Wildman–Crippen LogP) is 3.74. The van der Waals surface area contributed by atoms with Crippen LogP contribution in [0.3, 0.4) is 0 Å². The number of H-pyrrole nitrogens is 1. The molecule has 1 aliphatic heterocycles. The quantitative estimate of drug-likeness (QED) is 0.688. The first-order valence-corrected chi connectivity index (χ1v) is 9.85. The molecule has 1 aromatic heterocycles. The first-order chi connectivity index (χ1) is 13.6. The summed E-state index contributed by atoms with van der Waals surface area (Å²) >= 11 is 0. The Morgan fingerprint density at radius 1 is 1.18 bits per heavy atom. The highest BCUT2D eigenvalue weighted by molar-refractivity contribution is 5.85. The monoisotopic (exact) mass is 377 g/mol. The molecule has 0 spiro atoms. The number of anilines is 1. The van der Waals surface area contributed by atoms with Crippen molar-refractivity contribution in [2.45, 2.75) is 19.4 Å². The molecule has 0 saturated carbocycles. The molecule has 1 unspecified atom stereocenters. The van der Waals surface area contributed by atoms with Gasteiger partial charge in [-0.05, 0) is 42.7 Å². The molecule has 0 fully saturated rings. The number of carbonyl (C=O) groups is 1. The van der Waals surface area contributed by atoms with E-state index in [1.54, 1.807) is 0 Å². The Hall–Kier alpha value is -2.79. The van der Waals surface area contributed by atoms with Crippen LogP contribution in [-0.4, -0.2) is 49.6 Å². The molecule has 2 aromatic carbocycles. The normalized spacial score (nSPS) is 16.8. The topological polar surface area (TPSA) is 48.6 Å². The molecule has 3 aromatic rings. The van der Waals surface area contributed by atoms with Gasteiger partial charge < -0.3 is 14.6 Å². The Bertz CT molecular complexity index is 975. The lowest BCUT2D eigenvalue weighted by Crippen LogP contribution is -2.40. The lowest BCUT2D eigenvalue weighted by molar-refractivity contribution is -0.145. The molecule has 146 valence electrons. The molecular formula is C23H27N3O2. The van der Waals surface area contributed by atoms with Crippen LogP contribution in [0, 0.1) is 0 Å². The van der Waals surface area contributed by atoms with Crippen molar-refractivity contribution in [3.8, 4) is 0 Å². The highest BCUT2D eigenvalue weighted by Gasteiger charge is 2.32. The van der Waals surface area contributed by atoms with Gasteiger partial charge in [0.25, 0.3) is 0 Å². The number of esters is 1. The molecule has 5 nitrogen and oxygen atoms in total. The zero-order chi connectivity index (χ0) is 19.7. The number of aromatic nitrogens is 1. The number of aromatic amines is 1. The molecule has 0 amide bonds. The number of carbonyl (C=O) groups excluding carboxylic acids is 1. The van der Waals surface area contributed by atoms with Crippen molar-refractivity contribution in [2.75, 3.05) is 38.7 Å². The number of rotatable bonds is 5. The van der Waals surface area contributed by atoms with Gasteiger partial charge in [0, 0.05) is 42.9 Å². The van der Waals surface area contributed by atoms with Crippen LogP contribution in [0.2, 0.25) is 0 Å². The molecule has 0 bridgehead atoms. The number of benzene rings is 2. The fourth-order valence-corrected chi connectivity index (χ4v) is 4.17. The van der Waals surface area contributed by atoms with Gasteiger partial charge in [0.05, 0.1) is 19.2 Å². The van der Waals surface area contributed by atoms with Crippen LogP contribution in [0.1, 0.15) is 29.8 Å². The van der Waals surface area contributed by atoms with E-state index in [1.165, 1.54) is 22.2 Å². The first kappa shape index (κ1) is 18.6. The van der Waals surface area contributed by atoms with Crippen LogP contribution in [0.15, 0.2) is 48.5 Å². The lowest BCUT2D eigenvalue weighted by Gasteiger charge is -2.35. The third-order valence-corrected chi connectivity index (χ3v) is 5.50. The summed E-state index contributed by atoms with van der Waals surface area (Å²) in [5.41, 5.74) is 6.04. The van der Waals surface area contributed by atoms with Crippen LogP contribution in [-0.2, 0) is 16.0 Å².